The normalized spacial score (nSPS) is 14.9. The van der Waals surface area contributed by atoms with Gasteiger partial charge in [-0.15, -0.1) is 0 Å². The van der Waals surface area contributed by atoms with Gasteiger partial charge >= 0.3 is 0 Å². The molecule has 10 heteroatoms. The standard InChI is InChI=1S/C27H28N6O4/c1-15(2)14-32-25-20(7-9-22(34)31-11-10-18-12-17(13-28)4-8-21(18)31)16(3)30-33(25)27(37)23(26(32)36)24(35)29-19-5-6-19/h4,7-9,12,15,19,37H,5-6,10-11,14H2,1-3H3,(H,29,35)/b9-7+. The Balaban J connectivity index is 1.56. The maximum absolute atomic E-state index is 13.5. The van der Waals surface area contributed by atoms with E-state index in [0.717, 1.165) is 24.1 Å². The Morgan fingerprint density at radius 3 is 2.76 bits per heavy atom. The van der Waals surface area contributed by atoms with Crippen LogP contribution in [0.4, 0.5) is 5.69 Å². The van der Waals surface area contributed by atoms with Crippen molar-refractivity contribution in [3.63, 3.8) is 0 Å². The van der Waals surface area contributed by atoms with Gasteiger partial charge in [0.05, 0.1) is 17.3 Å². The average Bonchev–Trinajstić information content (AvgIpc) is 3.46. The van der Waals surface area contributed by atoms with Crippen molar-refractivity contribution in [2.75, 3.05) is 11.4 Å². The molecule has 1 aliphatic carbocycles. The van der Waals surface area contributed by atoms with Crippen LogP contribution in [0.1, 0.15) is 59.4 Å². The zero-order chi connectivity index (χ0) is 26.4. The van der Waals surface area contributed by atoms with E-state index in [-0.39, 0.29) is 23.4 Å². The molecule has 1 aliphatic heterocycles. The number of anilines is 1. The summed E-state index contributed by atoms with van der Waals surface area (Å²) in [6.45, 7) is 6.42. The van der Waals surface area contributed by atoms with E-state index in [1.807, 2.05) is 13.8 Å². The van der Waals surface area contributed by atoms with Crippen LogP contribution in [-0.4, -0.2) is 43.7 Å². The fourth-order valence-corrected chi connectivity index (χ4v) is 4.73. The lowest BCUT2D eigenvalue weighted by atomic mass is 10.1. The number of aromatic nitrogens is 3. The Kier molecular flexibility index (Phi) is 6.07. The predicted octanol–water partition coefficient (Wildman–Crippen LogP) is 2.53. The third kappa shape index (κ3) is 4.37. The fourth-order valence-electron chi connectivity index (χ4n) is 4.73. The zero-order valence-corrected chi connectivity index (χ0v) is 21.0. The molecule has 37 heavy (non-hydrogen) atoms. The molecule has 3 heterocycles. The van der Waals surface area contributed by atoms with E-state index < -0.39 is 17.3 Å². The second-order valence-electron chi connectivity index (χ2n) is 10.0. The van der Waals surface area contributed by atoms with Crippen molar-refractivity contribution in [1.82, 2.24) is 19.5 Å². The summed E-state index contributed by atoms with van der Waals surface area (Å²) in [5.74, 6) is -1.31. The van der Waals surface area contributed by atoms with Gasteiger partial charge in [0.25, 0.3) is 17.4 Å². The van der Waals surface area contributed by atoms with Gasteiger partial charge in [-0.3, -0.25) is 19.0 Å². The topological polar surface area (TPSA) is 133 Å². The highest BCUT2D eigenvalue weighted by atomic mass is 16.3. The van der Waals surface area contributed by atoms with Crippen LogP contribution < -0.4 is 15.8 Å². The Labute approximate surface area is 213 Å². The number of rotatable bonds is 6. The minimum Gasteiger partial charge on any atom is -0.492 e. The number of nitriles is 1. The molecule has 0 spiro atoms. The van der Waals surface area contributed by atoms with Crippen LogP contribution in [0.2, 0.25) is 0 Å². The number of amides is 2. The van der Waals surface area contributed by atoms with Gasteiger partial charge in [-0.25, -0.2) is 0 Å². The number of carbonyl (C=O) groups is 2. The van der Waals surface area contributed by atoms with E-state index in [9.17, 15) is 19.5 Å². The molecule has 2 aromatic heterocycles. The molecule has 3 aromatic rings. The van der Waals surface area contributed by atoms with Crippen LogP contribution in [-0.2, 0) is 17.8 Å². The highest BCUT2D eigenvalue weighted by molar-refractivity contribution is 6.05. The van der Waals surface area contributed by atoms with Crippen LogP contribution in [0, 0.1) is 24.2 Å². The molecule has 1 saturated carbocycles. The van der Waals surface area contributed by atoms with Crippen LogP contribution in [0.3, 0.4) is 0 Å². The Hall–Kier alpha value is -4.39. The van der Waals surface area contributed by atoms with E-state index in [1.54, 1.807) is 36.1 Å². The van der Waals surface area contributed by atoms with Crippen molar-refractivity contribution in [3.05, 3.63) is 62.6 Å². The number of fused-ring (bicyclic) bond motifs is 2. The van der Waals surface area contributed by atoms with Crippen molar-refractivity contribution < 1.29 is 14.7 Å². The first-order valence-corrected chi connectivity index (χ1v) is 12.4. The van der Waals surface area contributed by atoms with Crippen LogP contribution in [0.15, 0.2) is 29.1 Å². The van der Waals surface area contributed by atoms with E-state index in [2.05, 4.69) is 16.5 Å². The lowest BCUT2D eigenvalue weighted by Crippen LogP contribution is -2.36. The number of hydrogen-bond donors (Lipinski definition) is 2. The Bertz CT molecular complexity index is 1570. The Morgan fingerprint density at radius 1 is 1.32 bits per heavy atom. The van der Waals surface area contributed by atoms with Gasteiger partial charge in [0.2, 0.25) is 5.88 Å². The molecule has 2 aliphatic rings. The summed E-state index contributed by atoms with van der Waals surface area (Å²) >= 11 is 0. The molecule has 1 fully saturated rings. The number of aryl methyl sites for hydroxylation is 1. The van der Waals surface area contributed by atoms with Crippen molar-refractivity contribution in [3.8, 4) is 11.9 Å². The summed E-state index contributed by atoms with van der Waals surface area (Å²) in [5, 5.41) is 27.3. The smallest absolute Gasteiger partial charge is 0.270 e. The summed E-state index contributed by atoms with van der Waals surface area (Å²) in [7, 11) is 0. The number of carbonyl (C=O) groups excluding carboxylic acids is 2. The SMILES string of the molecule is Cc1nn2c(O)c(C(=O)NC3CC3)c(=O)n(CC(C)C)c2c1/C=C/C(=O)N1CCc2cc(C#N)ccc21. The largest absolute Gasteiger partial charge is 0.492 e. The molecule has 2 amide bonds. The monoisotopic (exact) mass is 500 g/mol. The molecule has 0 atom stereocenters. The molecule has 10 nitrogen and oxygen atoms in total. The van der Waals surface area contributed by atoms with Gasteiger partial charge in [0.1, 0.15) is 5.65 Å². The highest BCUT2D eigenvalue weighted by Crippen LogP contribution is 2.30. The lowest BCUT2D eigenvalue weighted by Gasteiger charge is -2.16. The van der Waals surface area contributed by atoms with E-state index in [0.29, 0.717) is 42.0 Å². The second-order valence-corrected chi connectivity index (χ2v) is 10.0. The number of hydrogen-bond acceptors (Lipinski definition) is 6. The molecule has 190 valence electrons. The van der Waals surface area contributed by atoms with Gasteiger partial charge < -0.3 is 15.3 Å². The Morgan fingerprint density at radius 2 is 2.08 bits per heavy atom. The number of aromatic hydroxyl groups is 1. The predicted molar refractivity (Wildman–Crippen MR) is 137 cm³/mol. The van der Waals surface area contributed by atoms with E-state index in [1.165, 1.54) is 15.2 Å². The zero-order valence-electron chi connectivity index (χ0n) is 21.0. The number of benzene rings is 1. The number of nitrogens with zero attached hydrogens (tertiary/aromatic N) is 5. The van der Waals surface area contributed by atoms with Gasteiger partial charge in [0, 0.05) is 36.5 Å². The van der Waals surface area contributed by atoms with E-state index in [4.69, 9.17) is 5.26 Å². The first-order chi connectivity index (χ1) is 17.7. The van der Waals surface area contributed by atoms with Crippen LogP contribution >= 0.6 is 0 Å². The van der Waals surface area contributed by atoms with Gasteiger partial charge in [-0.05, 0) is 61.9 Å². The molecule has 0 saturated heterocycles. The number of nitrogens with one attached hydrogen (secondary N) is 1. The summed E-state index contributed by atoms with van der Waals surface area (Å²) in [6.07, 6.45) is 5.38. The van der Waals surface area contributed by atoms with E-state index >= 15 is 0 Å². The van der Waals surface area contributed by atoms with Crippen molar-refractivity contribution >= 4 is 29.2 Å². The molecule has 2 N–H and O–H groups in total. The van der Waals surface area contributed by atoms with Crippen LogP contribution in [0.5, 0.6) is 5.88 Å². The second kappa shape index (κ2) is 9.24. The summed E-state index contributed by atoms with van der Waals surface area (Å²) in [5.41, 5.74) is 2.66. The minimum atomic E-state index is -0.614. The molecular weight excluding hydrogens is 472 g/mol. The maximum Gasteiger partial charge on any atom is 0.270 e. The van der Waals surface area contributed by atoms with Gasteiger partial charge in [-0.2, -0.15) is 14.9 Å². The first-order valence-electron chi connectivity index (χ1n) is 12.4. The van der Waals surface area contributed by atoms with Crippen molar-refractivity contribution in [2.24, 2.45) is 5.92 Å². The van der Waals surface area contributed by atoms with Gasteiger partial charge in [-0.1, -0.05) is 13.8 Å². The molecular formula is C27H28N6O4. The summed E-state index contributed by atoms with van der Waals surface area (Å²) in [6, 6.07) is 7.40. The van der Waals surface area contributed by atoms with Crippen molar-refractivity contribution in [2.45, 2.75) is 52.6 Å². The minimum absolute atomic E-state index is 0.0200. The third-order valence-electron chi connectivity index (χ3n) is 6.67. The quantitative estimate of drug-likeness (QED) is 0.500. The lowest BCUT2D eigenvalue weighted by molar-refractivity contribution is -0.114. The fraction of sp³-hybridized carbons (Fsp3) is 0.370. The maximum atomic E-state index is 13.5. The summed E-state index contributed by atoms with van der Waals surface area (Å²) < 4.78 is 2.66. The average molecular weight is 501 g/mol. The molecule has 0 radical (unpaired) electrons. The molecule has 0 bridgehead atoms. The molecule has 1 aromatic carbocycles. The van der Waals surface area contributed by atoms with Crippen molar-refractivity contribution in [1.29, 1.82) is 5.26 Å². The third-order valence-corrected chi connectivity index (χ3v) is 6.67. The van der Waals surface area contributed by atoms with Crippen LogP contribution in [0.25, 0.3) is 11.7 Å². The molecule has 0 unspecified atom stereocenters. The summed E-state index contributed by atoms with van der Waals surface area (Å²) in [4.78, 5) is 41.0. The van der Waals surface area contributed by atoms with Gasteiger partial charge in [0.15, 0.2) is 5.56 Å². The molecule has 5 rings (SSSR count). The highest BCUT2D eigenvalue weighted by Gasteiger charge is 2.30. The first kappa shape index (κ1) is 24.3.